The van der Waals surface area contributed by atoms with E-state index in [1.165, 1.54) is 51.6 Å². The van der Waals surface area contributed by atoms with Crippen molar-refractivity contribution in [3.8, 4) is 0 Å². The number of aromatic nitrogens is 6. The van der Waals surface area contributed by atoms with Crippen molar-refractivity contribution in [1.29, 1.82) is 0 Å². The lowest BCUT2D eigenvalue weighted by Crippen LogP contribution is -2.48. The van der Waals surface area contributed by atoms with Crippen LogP contribution in [0.3, 0.4) is 0 Å². The Hall–Kier alpha value is -6.19. The molecule has 4 aliphatic rings. The van der Waals surface area contributed by atoms with E-state index in [0.717, 1.165) is 21.7 Å². The van der Waals surface area contributed by atoms with E-state index in [1.807, 2.05) is 4.98 Å². The fourth-order valence-electron chi connectivity index (χ4n) is 7.15. The molecule has 32 heteroatoms. The summed E-state index contributed by atoms with van der Waals surface area (Å²) in [6, 6.07) is -1.33. The van der Waals surface area contributed by atoms with E-state index in [1.54, 1.807) is 0 Å². The van der Waals surface area contributed by atoms with Gasteiger partial charge in [0.25, 0.3) is 11.1 Å². The van der Waals surface area contributed by atoms with Crippen LogP contribution in [0.5, 0.6) is 0 Å². The molecular formula is C33H44N14O18. The van der Waals surface area contributed by atoms with Crippen molar-refractivity contribution in [2.24, 2.45) is 10.2 Å². The SMILES string of the molecule is CO[C@H]1[C@H](N2C=CC(=O)CC2=O)O[C@@](CO)(OC)[C@H]1O.CO[C@]1(CO)O[C@@H](n2ccc(=O)[nH]c2=O)[C@H](N=[N+]=[N-])[C@@H]1O.CO[C@]1(CO)O[C@@H](n2cnc3c(=O)[nH]c(N)nc32)[C@H](N=[N+]=[N-])[C@@H]1O. The van der Waals surface area contributed by atoms with Crippen LogP contribution >= 0.6 is 0 Å². The van der Waals surface area contributed by atoms with Crippen LogP contribution in [0.25, 0.3) is 32.0 Å². The Morgan fingerprint density at radius 1 is 0.831 bits per heavy atom. The van der Waals surface area contributed by atoms with Gasteiger partial charge in [-0.1, -0.05) is 10.2 Å². The molecule has 65 heavy (non-hydrogen) atoms. The number of imidazole rings is 1. The number of hydrogen-bond donors (Lipinski definition) is 9. The number of nitrogens with two attached hydrogens (primary N) is 1. The molecule has 0 saturated carbocycles. The van der Waals surface area contributed by atoms with Crippen LogP contribution < -0.4 is 22.5 Å². The minimum Gasteiger partial charge on any atom is -0.391 e. The zero-order valence-electron chi connectivity index (χ0n) is 34.5. The summed E-state index contributed by atoms with van der Waals surface area (Å²) in [6.45, 7) is -2.02. The minimum atomic E-state index is -1.83. The van der Waals surface area contributed by atoms with E-state index in [4.69, 9.17) is 50.0 Å². The number of ether oxygens (including phenoxy) is 7. The van der Waals surface area contributed by atoms with Crippen molar-refractivity contribution in [3.05, 3.63) is 82.9 Å². The molecule has 0 aromatic carbocycles. The third-order valence-corrected chi connectivity index (χ3v) is 10.6. The molecular weight excluding hydrogens is 880 g/mol. The van der Waals surface area contributed by atoms with Crippen molar-refractivity contribution in [1.82, 2.24) is 34.0 Å². The maximum atomic E-state index is 11.9. The molecule has 32 nitrogen and oxygen atoms in total. The van der Waals surface area contributed by atoms with Gasteiger partial charge in [-0.15, -0.1) is 0 Å². The molecule has 10 N–H and O–H groups in total. The number of aliphatic hydroxyl groups is 6. The number of amides is 1. The van der Waals surface area contributed by atoms with Gasteiger partial charge in [-0.3, -0.25) is 43.2 Å². The lowest BCUT2D eigenvalue weighted by atomic mass is 10.1. The number of aromatic amines is 2. The summed E-state index contributed by atoms with van der Waals surface area (Å²) in [5.74, 6) is -6.22. The van der Waals surface area contributed by atoms with E-state index in [2.05, 4.69) is 35.0 Å². The summed E-state index contributed by atoms with van der Waals surface area (Å²) in [4.78, 5) is 76.4. The Labute approximate surface area is 362 Å². The largest absolute Gasteiger partial charge is 0.391 e. The monoisotopic (exact) mass is 924 g/mol. The van der Waals surface area contributed by atoms with Crippen LogP contribution in [0, 0.1) is 0 Å². The lowest BCUT2D eigenvalue weighted by molar-refractivity contribution is -0.271. The predicted molar refractivity (Wildman–Crippen MR) is 210 cm³/mol. The number of nitrogen functional groups attached to an aromatic ring is 1. The first-order chi connectivity index (χ1) is 30.9. The van der Waals surface area contributed by atoms with Gasteiger partial charge in [0.05, 0.1) is 26.0 Å². The number of nitrogens with one attached hydrogen (secondary N) is 2. The van der Waals surface area contributed by atoms with E-state index in [9.17, 15) is 54.6 Å². The van der Waals surface area contributed by atoms with E-state index in [-0.39, 0.29) is 29.3 Å². The van der Waals surface area contributed by atoms with Gasteiger partial charge in [-0.2, -0.15) is 4.98 Å². The maximum absolute atomic E-state index is 11.9. The quantitative estimate of drug-likeness (QED) is 0.0357. The number of ketones is 1. The molecule has 0 unspecified atom stereocenters. The number of rotatable bonds is 12. The highest BCUT2D eigenvalue weighted by molar-refractivity contribution is 6.06. The number of allylic oxidation sites excluding steroid dienone is 1. The van der Waals surface area contributed by atoms with Crippen molar-refractivity contribution in [2.75, 3.05) is 54.0 Å². The fraction of sp³-hybridized carbons (Fsp3) is 0.606. The van der Waals surface area contributed by atoms with Crippen LogP contribution in [0.2, 0.25) is 0 Å². The number of anilines is 1. The molecule has 0 bridgehead atoms. The zero-order valence-corrected chi connectivity index (χ0v) is 34.5. The van der Waals surface area contributed by atoms with Gasteiger partial charge in [0.15, 0.2) is 35.6 Å². The second-order valence-corrected chi connectivity index (χ2v) is 14.0. The smallest absolute Gasteiger partial charge is 0.330 e. The molecule has 7 heterocycles. The maximum Gasteiger partial charge on any atom is 0.330 e. The Morgan fingerprint density at radius 3 is 1.83 bits per heavy atom. The molecule has 0 radical (unpaired) electrons. The molecule has 3 saturated heterocycles. The highest BCUT2D eigenvalue weighted by Gasteiger charge is 2.59. The van der Waals surface area contributed by atoms with Gasteiger partial charge < -0.3 is 69.5 Å². The standard InChI is InChI=1S/C12H17NO7.C11H14N8O5.C10H13N5O6/c1-18-9-10(17)12(6-14,19-2)20-11(9)13-4-3-7(15)5-8(13)16;1-23-11(2-20)6(21)4(17-18-13)9(24-11)19-3-14-5-7(19)15-10(12)16-8(5)22;1-20-10(4-16)7(18)6(13-14-11)8(21-10)15-3-2-5(17)12-9(15)19/h3-4,9-11,14,17H,5-6H2,1-2H3;3-4,6,9,20-21H,2H2,1H3,(H3,12,15,16,22);2-3,6-8,16,18H,4H2,1H3,(H,12,17,19)/t9-,10+,11-,12-;4-,6+,9-,11-;6-,7+,8-,10-/m111/s1. The second-order valence-electron chi connectivity index (χ2n) is 14.0. The third kappa shape index (κ3) is 9.21. The number of hydrogen-bond acceptors (Lipinski definition) is 23. The summed E-state index contributed by atoms with van der Waals surface area (Å²) in [7, 11) is 5.02. The van der Waals surface area contributed by atoms with Gasteiger partial charge in [0.2, 0.25) is 29.2 Å². The molecule has 12 atom stereocenters. The minimum absolute atomic E-state index is 0.0131. The predicted octanol–water partition coefficient (Wildman–Crippen LogP) is -4.59. The first kappa shape index (κ1) is 49.8. The molecule has 7 rings (SSSR count). The van der Waals surface area contributed by atoms with Crippen LogP contribution in [0.15, 0.2) is 55.5 Å². The molecule has 3 aromatic heterocycles. The normalized spacial score (nSPS) is 32.9. The number of carbonyl (C=O) groups excluding carboxylic acids is 2. The molecule has 4 aliphatic heterocycles. The van der Waals surface area contributed by atoms with Crippen LogP contribution in [0.1, 0.15) is 18.9 Å². The highest BCUT2D eigenvalue weighted by atomic mass is 16.8. The van der Waals surface area contributed by atoms with Crippen molar-refractivity contribution >= 4 is 28.8 Å². The number of fused-ring (bicyclic) bond motifs is 1. The highest BCUT2D eigenvalue weighted by Crippen LogP contribution is 2.41. The Bertz CT molecular complexity index is 2500. The summed E-state index contributed by atoms with van der Waals surface area (Å²) in [6.07, 6.45) is -3.92. The molecule has 354 valence electrons. The van der Waals surface area contributed by atoms with Gasteiger partial charge in [-0.05, 0) is 17.1 Å². The second kappa shape index (κ2) is 20.3. The molecule has 1 amide bonds. The Morgan fingerprint density at radius 2 is 1.35 bits per heavy atom. The third-order valence-electron chi connectivity index (χ3n) is 10.6. The first-order valence-corrected chi connectivity index (χ1v) is 18.7. The number of nitrogens with zero attached hydrogens (tertiary/aromatic N) is 11. The number of methoxy groups -OCH3 is 4. The average Bonchev–Trinajstić information content (AvgIpc) is 4.00. The molecule has 3 aromatic rings. The molecule has 0 aliphatic carbocycles. The van der Waals surface area contributed by atoms with Crippen molar-refractivity contribution in [2.45, 2.75) is 79.0 Å². The van der Waals surface area contributed by atoms with Gasteiger partial charge >= 0.3 is 5.69 Å². The summed E-state index contributed by atoms with van der Waals surface area (Å²) < 4.78 is 38.9. The molecule has 0 spiro atoms. The van der Waals surface area contributed by atoms with Gasteiger partial charge in [0, 0.05) is 56.7 Å². The van der Waals surface area contributed by atoms with E-state index in [0.29, 0.717) is 0 Å². The average molecular weight is 925 g/mol. The molecule has 3 fully saturated rings. The topological polar surface area (TPSA) is 465 Å². The number of azide groups is 2. The first-order valence-electron chi connectivity index (χ1n) is 18.7. The van der Waals surface area contributed by atoms with Crippen LogP contribution in [-0.2, 0) is 42.7 Å². The van der Waals surface area contributed by atoms with Crippen molar-refractivity contribution < 1.29 is 73.4 Å². The van der Waals surface area contributed by atoms with Crippen LogP contribution in [0.4, 0.5) is 5.95 Å². The van der Waals surface area contributed by atoms with Gasteiger partial charge in [0.1, 0.15) is 43.1 Å². The Balaban J connectivity index is 0.000000184. The summed E-state index contributed by atoms with van der Waals surface area (Å²) in [5, 5.41) is 65.8. The van der Waals surface area contributed by atoms with E-state index >= 15 is 0 Å². The number of H-pyrrole nitrogens is 2. The lowest BCUT2D eigenvalue weighted by Gasteiger charge is -2.31. The number of aliphatic hydroxyl groups excluding tert-OH is 6. The fourth-order valence-corrected chi connectivity index (χ4v) is 7.15. The summed E-state index contributed by atoms with van der Waals surface area (Å²) in [5.41, 5.74) is 20.9. The van der Waals surface area contributed by atoms with Crippen molar-refractivity contribution in [3.63, 3.8) is 0 Å². The summed E-state index contributed by atoms with van der Waals surface area (Å²) >= 11 is 0. The number of carbonyl (C=O) groups is 2. The Kier molecular flexibility index (Phi) is 15.6. The zero-order chi connectivity index (χ0) is 48.0. The van der Waals surface area contributed by atoms with Crippen LogP contribution in [-0.4, -0.2) is 185 Å². The van der Waals surface area contributed by atoms with Gasteiger partial charge in [-0.25, -0.2) is 9.78 Å². The van der Waals surface area contributed by atoms with E-state index < -0.39 is 115 Å².